The van der Waals surface area contributed by atoms with Crippen molar-refractivity contribution in [2.75, 3.05) is 17.7 Å². The number of anilines is 2. The van der Waals surface area contributed by atoms with Crippen LogP contribution in [0.2, 0.25) is 0 Å². The van der Waals surface area contributed by atoms with E-state index in [1.54, 1.807) is 13.8 Å². The first-order valence-electron chi connectivity index (χ1n) is 7.15. The number of urea groups is 1. The van der Waals surface area contributed by atoms with Crippen LogP contribution in [0.5, 0.6) is 0 Å². The van der Waals surface area contributed by atoms with Gasteiger partial charge in [-0.15, -0.1) is 11.3 Å². The maximum Gasteiger partial charge on any atom is 0.324 e. The Morgan fingerprint density at radius 2 is 1.74 bits per heavy atom. The van der Waals surface area contributed by atoms with Crippen molar-refractivity contribution in [1.82, 2.24) is 0 Å². The summed E-state index contributed by atoms with van der Waals surface area (Å²) in [6.45, 7) is 5.52. The van der Waals surface area contributed by atoms with E-state index in [1.165, 1.54) is 18.4 Å². The van der Waals surface area contributed by atoms with Gasteiger partial charge in [0.15, 0.2) is 0 Å². The minimum absolute atomic E-state index is 0.349. The highest BCUT2D eigenvalue weighted by molar-refractivity contribution is 7.14. The number of hydrogen-bond donors (Lipinski definition) is 2. The monoisotopic (exact) mass is 332 g/mol. The van der Waals surface area contributed by atoms with E-state index in [9.17, 15) is 9.59 Å². The molecule has 0 aliphatic heterocycles. The van der Waals surface area contributed by atoms with Gasteiger partial charge >= 0.3 is 12.0 Å². The summed E-state index contributed by atoms with van der Waals surface area (Å²) >= 11 is 1.37. The summed E-state index contributed by atoms with van der Waals surface area (Å²) in [6.07, 6.45) is 0. The van der Waals surface area contributed by atoms with Crippen LogP contribution in [0.3, 0.4) is 0 Å². The number of ether oxygens (including phenoxy) is 1. The zero-order valence-corrected chi connectivity index (χ0v) is 14.4. The van der Waals surface area contributed by atoms with Gasteiger partial charge in [0.1, 0.15) is 5.00 Å². The Bertz CT molecular complexity index is 705. The van der Waals surface area contributed by atoms with Crippen molar-refractivity contribution < 1.29 is 14.3 Å². The number of benzene rings is 1. The highest BCUT2D eigenvalue weighted by Gasteiger charge is 2.34. The van der Waals surface area contributed by atoms with Crippen LogP contribution in [0.1, 0.15) is 25.0 Å². The van der Waals surface area contributed by atoms with Gasteiger partial charge in [0.05, 0.1) is 12.5 Å². The van der Waals surface area contributed by atoms with Crippen LogP contribution in [0.15, 0.2) is 35.7 Å². The fourth-order valence-corrected chi connectivity index (χ4v) is 3.11. The van der Waals surface area contributed by atoms with Crippen molar-refractivity contribution in [1.29, 1.82) is 0 Å². The summed E-state index contributed by atoms with van der Waals surface area (Å²) in [5, 5.41) is 8.03. The van der Waals surface area contributed by atoms with Crippen molar-refractivity contribution in [3.63, 3.8) is 0 Å². The van der Waals surface area contributed by atoms with Crippen molar-refractivity contribution in [3.8, 4) is 0 Å². The average molecular weight is 332 g/mol. The first-order chi connectivity index (χ1) is 10.8. The molecule has 2 aromatic rings. The highest BCUT2D eigenvalue weighted by atomic mass is 32.1. The molecule has 1 aromatic heterocycles. The van der Waals surface area contributed by atoms with Crippen LogP contribution in [0.4, 0.5) is 15.5 Å². The Kier molecular flexibility index (Phi) is 5.05. The van der Waals surface area contributed by atoms with E-state index >= 15 is 0 Å². The third kappa shape index (κ3) is 3.90. The molecule has 0 aliphatic carbocycles. The van der Waals surface area contributed by atoms with E-state index < -0.39 is 5.41 Å². The average Bonchev–Trinajstić information content (AvgIpc) is 2.97. The maximum atomic E-state index is 12.2. The summed E-state index contributed by atoms with van der Waals surface area (Å²) in [6, 6.07) is 8.99. The largest absolute Gasteiger partial charge is 0.468 e. The van der Waals surface area contributed by atoms with E-state index in [0.29, 0.717) is 10.7 Å². The molecule has 6 heteroatoms. The lowest BCUT2D eigenvalue weighted by molar-refractivity contribution is -0.146. The van der Waals surface area contributed by atoms with Crippen LogP contribution < -0.4 is 10.6 Å². The van der Waals surface area contributed by atoms with Gasteiger partial charge in [-0.25, -0.2) is 4.79 Å². The molecule has 2 N–H and O–H groups in total. The normalized spacial score (nSPS) is 11.0. The molecule has 2 rings (SSSR count). The molecule has 5 nitrogen and oxygen atoms in total. The van der Waals surface area contributed by atoms with E-state index in [0.717, 1.165) is 11.1 Å². The number of hydrogen-bond acceptors (Lipinski definition) is 4. The summed E-state index contributed by atoms with van der Waals surface area (Å²) in [5.41, 5.74) is 1.73. The van der Waals surface area contributed by atoms with Gasteiger partial charge in [-0.05, 0) is 44.4 Å². The van der Waals surface area contributed by atoms with Gasteiger partial charge < -0.3 is 10.1 Å². The smallest absolute Gasteiger partial charge is 0.324 e. The molecule has 0 radical (unpaired) electrons. The molecule has 1 aromatic carbocycles. The minimum atomic E-state index is -0.832. The first-order valence-corrected chi connectivity index (χ1v) is 8.03. The third-order valence-electron chi connectivity index (χ3n) is 3.57. The topological polar surface area (TPSA) is 67.4 Å². The number of carbonyl (C=O) groups is 2. The van der Waals surface area contributed by atoms with Gasteiger partial charge in [0.25, 0.3) is 0 Å². The Balaban J connectivity index is 2.12. The van der Waals surface area contributed by atoms with E-state index in [4.69, 9.17) is 4.74 Å². The number of thiophene rings is 1. The molecule has 122 valence electrons. The molecule has 1 heterocycles. The van der Waals surface area contributed by atoms with Crippen LogP contribution in [0.25, 0.3) is 0 Å². The predicted molar refractivity (Wildman–Crippen MR) is 93.2 cm³/mol. The second-order valence-corrected chi connectivity index (χ2v) is 6.64. The van der Waals surface area contributed by atoms with E-state index in [1.807, 2.05) is 42.6 Å². The van der Waals surface area contributed by atoms with Crippen LogP contribution in [-0.4, -0.2) is 19.1 Å². The minimum Gasteiger partial charge on any atom is -0.468 e. The van der Waals surface area contributed by atoms with Crippen LogP contribution in [0, 0.1) is 6.92 Å². The molecule has 0 bridgehead atoms. The molecule has 0 atom stereocenters. The Hall–Kier alpha value is -2.34. The number of amides is 2. The van der Waals surface area contributed by atoms with Crippen molar-refractivity contribution >= 4 is 34.0 Å². The molecular weight excluding hydrogens is 312 g/mol. The Morgan fingerprint density at radius 3 is 2.35 bits per heavy atom. The number of carbonyl (C=O) groups excluding carboxylic acids is 2. The lowest BCUT2D eigenvalue weighted by Crippen LogP contribution is -2.31. The lowest BCUT2D eigenvalue weighted by atomic mass is 9.86. The van der Waals surface area contributed by atoms with Crippen molar-refractivity contribution in [2.24, 2.45) is 0 Å². The lowest BCUT2D eigenvalue weighted by Gasteiger charge is -2.22. The van der Waals surface area contributed by atoms with Crippen LogP contribution >= 0.6 is 11.3 Å². The second-order valence-electron chi connectivity index (χ2n) is 5.73. The van der Waals surface area contributed by atoms with Gasteiger partial charge in [-0.2, -0.15) is 0 Å². The van der Waals surface area contributed by atoms with E-state index in [-0.39, 0.29) is 12.0 Å². The zero-order valence-electron chi connectivity index (χ0n) is 13.6. The molecule has 0 aliphatic rings. The van der Waals surface area contributed by atoms with Gasteiger partial charge in [-0.3, -0.25) is 10.1 Å². The summed E-state index contributed by atoms with van der Waals surface area (Å²) < 4.78 is 4.84. The molecule has 0 spiro atoms. The predicted octanol–water partition coefficient (Wildman–Crippen LogP) is 4.15. The quantitative estimate of drug-likeness (QED) is 0.827. The maximum absolute atomic E-state index is 12.2. The SMILES string of the molecule is COC(=O)C(C)(C)c1ccsc1NC(=O)Nc1ccc(C)cc1. The summed E-state index contributed by atoms with van der Waals surface area (Å²) in [7, 11) is 1.35. The summed E-state index contributed by atoms with van der Waals surface area (Å²) in [4.78, 5) is 24.1. The summed E-state index contributed by atoms with van der Waals surface area (Å²) in [5.74, 6) is -0.349. The standard InChI is InChI=1S/C17H20N2O3S/c1-11-5-7-12(8-6-11)18-16(21)19-14-13(9-10-23-14)17(2,3)15(20)22-4/h5-10H,1-4H3,(H2,18,19,21). The van der Waals surface area contributed by atoms with Crippen molar-refractivity contribution in [2.45, 2.75) is 26.2 Å². The fourth-order valence-electron chi connectivity index (χ4n) is 2.17. The van der Waals surface area contributed by atoms with Gasteiger partial charge in [-0.1, -0.05) is 17.7 Å². The molecular formula is C17H20N2O3S. The molecule has 0 unspecified atom stereocenters. The third-order valence-corrected chi connectivity index (χ3v) is 4.40. The molecule has 0 saturated heterocycles. The van der Waals surface area contributed by atoms with Crippen LogP contribution in [-0.2, 0) is 14.9 Å². The molecule has 2 amide bonds. The van der Waals surface area contributed by atoms with Gasteiger partial charge in [0, 0.05) is 11.3 Å². The Morgan fingerprint density at radius 1 is 1.09 bits per heavy atom. The first kappa shape index (κ1) is 17.0. The number of rotatable bonds is 4. The molecule has 0 fully saturated rings. The molecule has 23 heavy (non-hydrogen) atoms. The van der Waals surface area contributed by atoms with E-state index in [2.05, 4.69) is 10.6 Å². The number of esters is 1. The fraction of sp³-hybridized carbons (Fsp3) is 0.294. The van der Waals surface area contributed by atoms with Gasteiger partial charge in [0.2, 0.25) is 0 Å². The Labute approximate surface area is 139 Å². The number of methoxy groups -OCH3 is 1. The second kappa shape index (κ2) is 6.83. The number of aryl methyl sites for hydroxylation is 1. The molecule has 0 saturated carbocycles. The number of nitrogens with one attached hydrogen (secondary N) is 2. The highest BCUT2D eigenvalue weighted by Crippen LogP contribution is 2.35. The van der Waals surface area contributed by atoms with Crippen molar-refractivity contribution in [3.05, 3.63) is 46.8 Å². The zero-order chi connectivity index (χ0) is 17.0.